The summed E-state index contributed by atoms with van der Waals surface area (Å²) in [4.78, 5) is 226. The molecule has 0 bridgehead atoms. The average Bonchev–Trinajstić information content (AvgIpc) is 1.62. The monoisotopic (exact) mass is 2300 g/mol. The lowest BCUT2D eigenvalue weighted by Crippen LogP contribution is -2.33. The number of nitrogen functional groups attached to an aromatic ring is 6. The molecule has 0 amide bonds. The Hall–Kier alpha value is -6.90. The Bertz CT molecular complexity index is 7350. The molecule has 60 nitrogen and oxygen atoms in total. The van der Waals surface area contributed by atoms with Gasteiger partial charge in [-0.2, -0.15) is 29.9 Å². The van der Waals surface area contributed by atoms with E-state index in [1.807, 2.05) is 0 Å². The van der Waals surface area contributed by atoms with Gasteiger partial charge in [0.25, 0.3) is 16.7 Å². The molecule has 6 unspecified atom stereocenters. The maximum Gasteiger partial charge on any atom is 0.386 e. The van der Waals surface area contributed by atoms with Crippen molar-refractivity contribution in [3.63, 3.8) is 0 Å². The number of H-pyrrole nitrogens is 3. The first-order chi connectivity index (χ1) is 68.0. The van der Waals surface area contributed by atoms with Gasteiger partial charge in [-0.25, -0.2) is 38.5 Å². The highest BCUT2D eigenvalue weighted by Crippen LogP contribution is 2.60. The van der Waals surface area contributed by atoms with E-state index >= 15 is 0 Å². The summed E-state index contributed by atoms with van der Waals surface area (Å²) in [5, 5.41) is 0. The zero-order valence-electron chi connectivity index (χ0n) is 76.2. The number of aromatic amines is 3. The van der Waals surface area contributed by atoms with Crippen LogP contribution in [0.3, 0.4) is 0 Å². The van der Waals surface area contributed by atoms with Crippen molar-refractivity contribution < 1.29 is 131 Å². The van der Waals surface area contributed by atoms with Crippen molar-refractivity contribution in [2.24, 2.45) is 0 Å². The zero-order chi connectivity index (χ0) is 105. The molecular weight excluding hydrogens is 2210 g/mol. The van der Waals surface area contributed by atoms with Gasteiger partial charge in [0.2, 0.25) is 11.9 Å². The van der Waals surface area contributed by atoms with Gasteiger partial charge in [0.1, 0.15) is 110 Å². The molecule has 7 aliphatic rings. The second kappa shape index (κ2) is 44.1. The van der Waals surface area contributed by atoms with Gasteiger partial charge in [0.05, 0.1) is 95.0 Å². The molecule has 0 radical (unpaired) electrons. The van der Waals surface area contributed by atoms with Crippen LogP contribution in [0.2, 0.25) is 0 Å². The van der Waals surface area contributed by atoms with E-state index in [2.05, 4.69) is 67.1 Å². The quantitative estimate of drug-likeness (QED) is 0.0183. The zero-order valence-corrected chi connectivity index (χ0v) is 88.3. The summed E-state index contributed by atoms with van der Waals surface area (Å²) >= 11 is 37.1. The molecular formula is C71H97N24O36P7S7. The van der Waals surface area contributed by atoms with Gasteiger partial charge in [-0.1, -0.05) is 19.2 Å². The summed E-state index contributed by atoms with van der Waals surface area (Å²) in [6.07, 6.45) is -20.4. The van der Waals surface area contributed by atoms with Crippen LogP contribution in [0.25, 0.3) is 22.3 Å². The molecule has 7 fully saturated rings. The number of nitrogens with two attached hydrogens (primary N) is 6. The van der Waals surface area contributed by atoms with Crippen LogP contribution in [-0.2, 0) is 167 Å². The van der Waals surface area contributed by atoms with Crippen LogP contribution in [-0.4, -0.2) is 246 Å². The molecule has 0 spiro atoms. The average molecular weight is 2300 g/mol. The van der Waals surface area contributed by atoms with Crippen LogP contribution in [0.1, 0.15) is 130 Å². The topological polar surface area (TPSA) is 821 Å². The highest BCUT2D eigenvalue weighted by atomic mass is 32.7. The number of hydrogen-bond acceptors (Lipinski definition) is 49. The Morgan fingerprint density at radius 3 is 0.890 bits per heavy atom. The van der Waals surface area contributed by atoms with Crippen LogP contribution < -0.4 is 79.5 Å². The molecule has 9 aromatic heterocycles. The number of imidazole rings is 2. The van der Waals surface area contributed by atoms with Gasteiger partial charge in [-0.15, -0.1) is 0 Å². The fourth-order valence-electron chi connectivity index (χ4n) is 16.8. The summed E-state index contributed by atoms with van der Waals surface area (Å²) in [6.45, 7) is -27.8. The molecule has 0 saturated carbocycles. The molecule has 27 atom stereocenters. The van der Waals surface area contributed by atoms with Crippen LogP contribution in [0.4, 0.5) is 35.2 Å². The van der Waals surface area contributed by atoms with Gasteiger partial charge >= 0.3 is 75.6 Å². The third-order valence-corrected chi connectivity index (χ3v) is 34.3. The van der Waals surface area contributed by atoms with Crippen molar-refractivity contribution in [1.29, 1.82) is 0 Å². The van der Waals surface area contributed by atoms with Crippen molar-refractivity contribution in [1.82, 2.24) is 86.8 Å². The van der Waals surface area contributed by atoms with Gasteiger partial charge < -0.3 is 152 Å². The third kappa shape index (κ3) is 26.4. The molecule has 145 heavy (non-hydrogen) atoms. The molecule has 16 rings (SSSR count). The Labute approximate surface area is 850 Å². The van der Waals surface area contributed by atoms with Crippen LogP contribution in [0, 0.1) is 34.6 Å². The second-order valence-corrected chi connectivity index (χ2v) is 53.5. The number of nitrogens with one attached hydrogen (secondary N) is 3. The predicted octanol–water partition coefficient (Wildman–Crippen LogP) is 0.415. The molecule has 7 aliphatic heterocycles. The number of nitrogens with zero attached hydrogens (tertiary/aromatic N) is 15. The van der Waals surface area contributed by atoms with Crippen molar-refractivity contribution in [2.75, 3.05) is 74.0 Å². The molecule has 0 aromatic carbocycles. The largest absolute Gasteiger partial charge is 0.386 e. The van der Waals surface area contributed by atoms with Crippen LogP contribution in [0.5, 0.6) is 0 Å². The van der Waals surface area contributed by atoms with E-state index in [4.69, 9.17) is 197 Å². The second-order valence-electron chi connectivity index (χ2n) is 34.1. The Morgan fingerprint density at radius 2 is 0.600 bits per heavy atom. The molecule has 7 saturated heterocycles. The molecule has 0 aliphatic carbocycles. The summed E-state index contributed by atoms with van der Waals surface area (Å²) < 4.78 is 145. The Balaban J connectivity index is 0.600. The minimum absolute atomic E-state index is 0.0192. The van der Waals surface area contributed by atoms with E-state index in [0.29, 0.717) is 28.7 Å². The highest BCUT2D eigenvalue weighted by molar-refractivity contribution is 8.44. The van der Waals surface area contributed by atoms with E-state index in [-0.39, 0.29) is 95.2 Å². The standard InChI is InChI=1S/C71H97N24O36P7S7/c1-7-33-34(8-52(118-33)94-26-78-54-60(94)84-65(76)86-63(54)97)126-133(106,140)113-21-42-36(10-47(119-42)89-15-28(2)56(72)80-67(89)99)127-135(108,142)114-22-43-37(11-48(120-43)90-16-29(3)57(73)81-68(90)100)128-136(109,143)115-23-44-38(12-49(121-44)91-17-30(4)58(74)82-69(91)101)129-137(110,144)116-24-45-39(13-50(122-45)92-18-31(5)59(75)83-70(92)102)130-138(111,145)117-25-46-40(14-51(123-46)93-19-32(6)62(96)88-71(93)103)131-134(107,141)112-20-41-35(125-132(104,105)139)9-53(124-41)95-27-79-55-61(95)85-66(77)87-64(55)98/h15-19,26-27,33-53H,7-14,20-25H2,1-6H3,(H,106,140)(H,107,141)(H,108,142)(H,109,143)(H,110,144)(H,111,145)(H2,72,80,99)(H2,73,81,100)(H2,74,82,101)(H2,75,83,102)(H,88,96,103)(H2,104,105,139)(H3,76,84,86,97)(H3,77,85,87,98)/t33-,34-,35-,36-,37-,38-,39-,40-,41-,42-,43-,44-,45-,46-,47-,48-,49-,50-,51-,52-,53-,133?,134?,135?,136?,137?,138?/m1/s1. The van der Waals surface area contributed by atoms with Crippen molar-refractivity contribution in [2.45, 2.75) is 222 Å². The lowest BCUT2D eigenvalue weighted by molar-refractivity contribution is -0.0577. The Morgan fingerprint density at radius 1 is 0.352 bits per heavy atom. The van der Waals surface area contributed by atoms with Gasteiger partial charge in [0.15, 0.2) is 22.3 Å². The number of fused-ring (bicyclic) bond motifs is 2. The minimum Gasteiger partial charge on any atom is -0.383 e. The minimum atomic E-state index is -4.79. The number of thiol groups is 1. The lowest BCUT2D eigenvalue weighted by Gasteiger charge is -2.28. The summed E-state index contributed by atoms with van der Waals surface area (Å²) in [5.74, 6) is -0.953. The summed E-state index contributed by atoms with van der Waals surface area (Å²) in [7, 11) is 0. The summed E-state index contributed by atoms with van der Waals surface area (Å²) in [5.41, 5.74) is 30.3. The maximum absolute atomic E-state index is 14.9. The van der Waals surface area contributed by atoms with Gasteiger partial charge in [0, 0.05) is 104 Å². The van der Waals surface area contributed by atoms with Crippen LogP contribution >= 0.6 is 59.4 Å². The van der Waals surface area contributed by atoms with E-state index in [0.717, 1.165) is 22.8 Å². The SMILES string of the molecule is CC[C@H]1O[C@@H](n2cnc3c(=O)[nH]c(N)nc32)C[C@H]1OP(O)(=S)OC[C@H]1O[C@@H](n2cc(C)c(N)nc2=O)C[C@H]1OP(=O)(S)OC[C@H]1O[C@@H](n2cc(C)c(N)nc2=O)C[C@H]1OP(O)(=S)OC[C@H]1O[C@@H](n2cc(C)c(N)nc2=O)C[C@H]1OP(O)(=S)OC[C@H]1O[C@@H](n2cc(C)c(N)nc2=O)C[C@H]1OP(O)(=S)OC[C@H]1O[C@@H](n2cc(C)c(=O)[nH]c2=O)C[C@H]1OP(O)(=S)OC[C@H]1O[C@@H](n2cnc3c(=O)[nH]c(N)nc32)C[C@H]1OP(O)(O)=S. The lowest BCUT2D eigenvalue weighted by atomic mass is 10.1. The van der Waals surface area contributed by atoms with Crippen molar-refractivity contribution >= 4 is 188 Å². The molecule has 794 valence electrons. The molecule has 16 heterocycles. The maximum atomic E-state index is 14.9. The number of aromatic nitrogens is 18. The first-order valence-electron chi connectivity index (χ1n) is 43.4. The van der Waals surface area contributed by atoms with Gasteiger partial charge in [-0.3, -0.25) is 70.4 Å². The summed E-state index contributed by atoms with van der Waals surface area (Å²) in [6, 6.07) is 0. The van der Waals surface area contributed by atoms with Crippen molar-refractivity contribution in [3.8, 4) is 0 Å². The van der Waals surface area contributed by atoms with Gasteiger partial charge in [-0.05, 0) is 112 Å². The number of ether oxygens (including phenoxy) is 7. The number of hydrogen-bond donors (Lipinski definition) is 17. The fourth-order valence-corrected chi connectivity index (χ4v) is 26.6. The first-order valence-corrected chi connectivity index (χ1v) is 61.7. The molecule has 22 N–H and O–H groups in total. The van der Waals surface area contributed by atoms with E-state index in [1.54, 1.807) is 20.8 Å². The fraction of sp³-hybridized carbons (Fsp3) is 0.577. The van der Waals surface area contributed by atoms with E-state index in [9.17, 15) is 77.2 Å². The van der Waals surface area contributed by atoms with E-state index < -0.39 is 274 Å². The predicted molar refractivity (Wildman–Crippen MR) is 529 cm³/mol. The Kier molecular flexibility index (Phi) is 33.6. The van der Waals surface area contributed by atoms with Crippen molar-refractivity contribution in [3.05, 3.63) is 155 Å². The smallest absolute Gasteiger partial charge is 0.383 e. The number of rotatable bonds is 40. The number of aryl methyl sites for hydroxylation is 5. The van der Waals surface area contributed by atoms with E-state index in [1.165, 1.54) is 73.5 Å². The molecule has 74 heteroatoms. The third-order valence-electron chi connectivity index (χ3n) is 23.9. The normalized spacial score (nSPS) is 29.2. The molecule has 9 aromatic rings. The first kappa shape index (κ1) is 111. The number of anilines is 6. The highest BCUT2D eigenvalue weighted by Gasteiger charge is 2.52. The van der Waals surface area contributed by atoms with Crippen LogP contribution in [0.15, 0.2) is 82.0 Å².